The maximum Gasteiger partial charge on any atom is 0.307 e. The summed E-state index contributed by atoms with van der Waals surface area (Å²) in [6, 6.07) is 3.75. The molecule has 0 amide bonds. The molecule has 1 saturated heterocycles. The second-order valence-corrected chi connectivity index (χ2v) is 9.91. The Balaban J connectivity index is 1.53. The summed E-state index contributed by atoms with van der Waals surface area (Å²) in [5.41, 5.74) is 0.379. The van der Waals surface area contributed by atoms with Crippen molar-refractivity contribution >= 4 is 5.97 Å². The van der Waals surface area contributed by atoms with Gasteiger partial charge in [0.25, 0.3) is 0 Å². The number of hydrogen-bond acceptors (Lipinski definition) is 5. The average Bonchev–Trinajstić information content (AvgIpc) is 3.06. The van der Waals surface area contributed by atoms with Crippen LogP contribution in [0.5, 0.6) is 11.5 Å². The van der Waals surface area contributed by atoms with Crippen molar-refractivity contribution in [3.05, 3.63) is 23.5 Å². The van der Waals surface area contributed by atoms with Crippen LogP contribution in [0.15, 0.2) is 12.1 Å². The molecular formula is C25H38FNO4. The summed E-state index contributed by atoms with van der Waals surface area (Å²) in [5.74, 6) is 0.138. The van der Waals surface area contributed by atoms with E-state index in [2.05, 4.69) is 11.8 Å². The summed E-state index contributed by atoms with van der Waals surface area (Å²) in [4.78, 5) is 14.3. The van der Waals surface area contributed by atoms with E-state index in [1.807, 2.05) is 26.8 Å². The number of fused-ring (bicyclic) bond motifs is 2. The number of likely N-dealkylation sites (tertiary alicyclic amines) is 1. The third-order valence-corrected chi connectivity index (χ3v) is 6.25. The van der Waals surface area contributed by atoms with E-state index in [0.29, 0.717) is 37.7 Å². The molecule has 1 aromatic carbocycles. The van der Waals surface area contributed by atoms with E-state index in [0.717, 1.165) is 44.3 Å². The monoisotopic (exact) mass is 435 g/mol. The van der Waals surface area contributed by atoms with Gasteiger partial charge in [0.15, 0.2) is 11.5 Å². The first-order chi connectivity index (χ1) is 14.7. The number of unbranched alkanes of at least 4 members (excludes halogenated alkanes) is 3. The fourth-order valence-electron chi connectivity index (χ4n) is 4.47. The molecule has 3 rings (SSSR count). The first kappa shape index (κ1) is 23.8. The lowest BCUT2D eigenvalue weighted by atomic mass is 9.74. The van der Waals surface area contributed by atoms with E-state index >= 15 is 0 Å². The highest BCUT2D eigenvalue weighted by Gasteiger charge is 2.44. The molecule has 174 valence electrons. The van der Waals surface area contributed by atoms with Gasteiger partial charge in [0, 0.05) is 17.5 Å². The number of ether oxygens (including phenoxy) is 3. The van der Waals surface area contributed by atoms with Crippen LogP contribution in [0.3, 0.4) is 0 Å². The molecule has 2 aliphatic heterocycles. The molecule has 0 atom stereocenters. The minimum atomic E-state index is -0.448. The van der Waals surface area contributed by atoms with Crippen LogP contribution in [0.25, 0.3) is 0 Å². The number of benzene rings is 1. The molecule has 0 aromatic heterocycles. The second kappa shape index (κ2) is 10.2. The third-order valence-electron chi connectivity index (χ3n) is 6.25. The zero-order chi connectivity index (χ0) is 22.5. The van der Waals surface area contributed by atoms with Crippen molar-refractivity contribution < 1.29 is 23.4 Å². The highest BCUT2D eigenvalue weighted by molar-refractivity contribution is 5.70. The maximum atomic E-state index is 15.0. The molecule has 2 aliphatic rings. The zero-order valence-electron chi connectivity index (χ0n) is 19.6. The average molecular weight is 436 g/mol. The van der Waals surface area contributed by atoms with E-state index in [4.69, 9.17) is 14.2 Å². The fraction of sp³-hybridized carbons (Fsp3) is 0.720. The lowest BCUT2D eigenvalue weighted by Crippen LogP contribution is -2.44. The summed E-state index contributed by atoms with van der Waals surface area (Å²) < 4.78 is 31.9. The van der Waals surface area contributed by atoms with Crippen LogP contribution in [0.1, 0.15) is 78.2 Å². The molecule has 31 heavy (non-hydrogen) atoms. The Bertz CT molecular complexity index is 751. The number of rotatable bonds is 9. The molecule has 1 fully saturated rings. The van der Waals surface area contributed by atoms with Crippen molar-refractivity contribution in [2.24, 2.45) is 0 Å². The predicted octanol–water partition coefficient (Wildman–Crippen LogP) is 5.24. The number of esters is 1. The molecular weight excluding hydrogens is 397 g/mol. The number of halogens is 1. The van der Waals surface area contributed by atoms with Crippen LogP contribution in [0.4, 0.5) is 4.39 Å². The van der Waals surface area contributed by atoms with Gasteiger partial charge in [-0.2, -0.15) is 4.39 Å². The smallest absolute Gasteiger partial charge is 0.307 e. The summed E-state index contributed by atoms with van der Waals surface area (Å²) in [5, 5.41) is 0. The van der Waals surface area contributed by atoms with Gasteiger partial charge < -0.3 is 19.1 Å². The molecule has 1 aromatic rings. The van der Waals surface area contributed by atoms with Crippen molar-refractivity contribution in [3.8, 4) is 11.5 Å². The largest absolute Gasteiger partial charge is 0.490 e. The van der Waals surface area contributed by atoms with Gasteiger partial charge in [0.1, 0.15) is 5.60 Å². The standard InChI is InChI=1S/C25H38FNO4/c1-5-6-7-8-17-29-20-10-9-19-23(22(20)26)30-18-25(19)12-15-27(16-13-25)14-11-21(28)31-24(2,3)4/h9-10H,5-8,11-18H2,1-4H3. The Morgan fingerprint density at radius 3 is 2.61 bits per heavy atom. The van der Waals surface area contributed by atoms with Gasteiger partial charge in [-0.15, -0.1) is 0 Å². The Morgan fingerprint density at radius 2 is 1.94 bits per heavy atom. The molecule has 0 unspecified atom stereocenters. The van der Waals surface area contributed by atoms with E-state index in [1.54, 1.807) is 6.07 Å². The number of hydrogen-bond donors (Lipinski definition) is 0. The lowest BCUT2D eigenvalue weighted by Gasteiger charge is -2.38. The Labute approximate surface area is 186 Å². The highest BCUT2D eigenvalue weighted by atomic mass is 19.1. The van der Waals surface area contributed by atoms with Crippen molar-refractivity contribution in [1.29, 1.82) is 0 Å². The van der Waals surface area contributed by atoms with Gasteiger partial charge >= 0.3 is 5.97 Å². The molecule has 0 bridgehead atoms. The maximum absolute atomic E-state index is 15.0. The summed E-state index contributed by atoms with van der Waals surface area (Å²) in [7, 11) is 0. The number of carbonyl (C=O) groups is 1. The number of nitrogens with zero attached hydrogens (tertiary/aromatic N) is 1. The summed E-state index contributed by atoms with van der Waals surface area (Å²) in [6.45, 7) is 11.3. The van der Waals surface area contributed by atoms with Crippen molar-refractivity contribution in [1.82, 2.24) is 4.90 Å². The SMILES string of the molecule is CCCCCCOc1ccc2c(c1F)OCC21CCN(CCC(=O)OC(C)(C)C)CC1. The van der Waals surface area contributed by atoms with Gasteiger partial charge in [-0.05, 0) is 59.2 Å². The first-order valence-electron chi connectivity index (χ1n) is 11.8. The van der Waals surface area contributed by atoms with Crippen LogP contribution in [0.2, 0.25) is 0 Å². The minimum Gasteiger partial charge on any atom is -0.490 e. The van der Waals surface area contributed by atoms with Crippen LogP contribution >= 0.6 is 0 Å². The van der Waals surface area contributed by atoms with Gasteiger partial charge in [-0.3, -0.25) is 4.79 Å². The van der Waals surface area contributed by atoms with Gasteiger partial charge in [0.05, 0.1) is 19.6 Å². The quantitative estimate of drug-likeness (QED) is 0.392. The summed E-state index contributed by atoms with van der Waals surface area (Å²) in [6.07, 6.45) is 6.57. The van der Waals surface area contributed by atoms with E-state index in [9.17, 15) is 9.18 Å². The Morgan fingerprint density at radius 1 is 1.19 bits per heavy atom. The molecule has 6 heteroatoms. The molecule has 0 saturated carbocycles. The van der Waals surface area contributed by atoms with Crippen LogP contribution in [-0.4, -0.2) is 49.3 Å². The Hall–Kier alpha value is -1.82. The fourth-order valence-corrected chi connectivity index (χ4v) is 4.47. The number of carbonyl (C=O) groups excluding carboxylic acids is 1. The normalized spacial score (nSPS) is 18.0. The van der Waals surface area contributed by atoms with Gasteiger partial charge in [0.2, 0.25) is 5.82 Å². The van der Waals surface area contributed by atoms with Crippen LogP contribution < -0.4 is 9.47 Å². The van der Waals surface area contributed by atoms with Gasteiger partial charge in [-0.1, -0.05) is 32.3 Å². The highest BCUT2D eigenvalue weighted by Crippen LogP contribution is 2.48. The lowest BCUT2D eigenvalue weighted by molar-refractivity contribution is -0.155. The van der Waals surface area contributed by atoms with E-state index in [-0.39, 0.29) is 17.2 Å². The third kappa shape index (κ3) is 6.12. The Kier molecular flexibility index (Phi) is 7.84. The van der Waals surface area contributed by atoms with E-state index < -0.39 is 5.60 Å². The van der Waals surface area contributed by atoms with Crippen LogP contribution in [0, 0.1) is 5.82 Å². The molecule has 5 nitrogen and oxygen atoms in total. The van der Waals surface area contributed by atoms with Crippen LogP contribution in [-0.2, 0) is 14.9 Å². The molecule has 0 aliphatic carbocycles. The van der Waals surface area contributed by atoms with E-state index in [1.165, 1.54) is 12.8 Å². The topological polar surface area (TPSA) is 48.0 Å². The van der Waals surface area contributed by atoms with Crippen molar-refractivity contribution in [3.63, 3.8) is 0 Å². The summed E-state index contributed by atoms with van der Waals surface area (Å²) >= 11 is 0. The zero-order valence-corrected chi connectivity index (χ0v) is 19.6. The van der Waals surface area contributed by atoms with Gasteiger partial charge in [-0.25, -0.2) is 0 Å². The van der Waals surface area contributed by atoms with Crippen molar-refractivity contribution in [2.75, 3.05) is 32.8 Å². The number of piperidine rings is 1. The predicted molar refractivity (Wildman–Crippen MR) is 119 cm³/mol. The molecule has 2 heterocycles. The van der Waals surface area contributed by atoms with Crippen molar-refractivity contribution in [2.45, 2.75) is 83.7 Å². The molecule has 0 radical (unpaired) electrons. The second-order valence-electron chi connectivity index (χ2n) is 9.91. The minimum absolute atomic E-state index is 0.141. The first-order valence-corrected chi connectivity index (χ1v) is 11.8. The molecule has 1 spiro atoms. The molecule has 0 N–H and O–H groups in total.